The molecule has 4 nitrogen and oxygen atoms in total. The minimum Gasteiger partial charge on any atom is -0.481 e. The minimum atomic E-state index is -1.81. The van der Waals surface area contributed by atoms with Crippen molar-refractivity contribution in [3.8, 4) is 0 Å². The first-order chi connectivity index (χ1) is 14.5. The molecule has 0 saturated heterocycles. The average molecular weight is 453 g/mol. The number of carboxylic acid groups (broad SMARTS) is 1. The Labute approximate surface area is 192 Å². The molecule has 0 unspecified atom stereocenters. The number of carbonyl (C=O) groups excluding carboxylic acids is 1. The standard InChI is InChI=1S/C26H48O4Si/c1-7-8-11-14-22(30-31(5,6)26(2,3)4)19-17-21-18-20-24(27)23(21)15-12-9-10-13-16-25(28)29/h18,22-23H,7-17,19-20H2,1-6H3,(H,28,29)/t22-,23-/m1/s1. The van der Waals surface area contributed by atoms with Crippen molar-refractivity contribution in [1.29, 1.82) is 0 Å². The Morgan fingerprint density at radius 1 is 1.13 bits per heavy atom. The highest BCUT2D eigenvalue weighted by molar-refractivity contribution is 6.74. The number of hydrogen-bond donors (Lipinski definition) is 1. The van der Waals surface area contributed by atoms with Gasteiger partial charge in [-0.2, -0.15) is 0 Å². The summed E-state index contributed by atoms with van der Waals surface area (Å²) in [5.74, 6) is -0.262. The maximum absolute atomic E-state index is 12.5. The summed E-state index contributed by atoms with van der Waals surface area (Å²) >= 11 is 0. The van der Waals surface area contributed by atoms with Crippen molar-refractivity contribution < 1.29 is 19.1 Å². The van der Waals surface area contributed by atoms with Crippen molar-refractivity contribution in [2.75, 3.05) is 0 Å². The number of aliphatic carboxylic acids is 1. The fourth-order valence-electron chi connectivity index (χ4n) is 4.13. The normalized spacial score (nSPS) is 18.3. The maximum atomic E-state index is 12.5. The molecule has 0 heterocycles. The first kappa shape index (κ1) is 28.1. The van der Waals surface area contributed by atoms with Crippen LogP contribution in [0.1, 0.15) is 111 Å². The number of Topliss-reactive ketones (excluding diaryl/α,β-unsaturated/α-hetero) is 1. The topological polar surface area (TPSA) is 63.6 Å². The maximum Gasteiger partial charge on any atom is 0.303 e. The molecule has 0 fully saturated rings. The number of carboxylic acids is 1. The fourth-order valence-corrected chi connectivity index (χ4v) is 5.55. The van der Waals surface area contributed by atoms with E-state index < -0.39 is 14.3 Å². The number of hydrogen-bond acceptors (Lipinski definition) is 3. The van der Waals surface area contributed by atoms with Crippen molar-refractivity contribution in [3.05, 3.63) is 11.6 Å². The van der Waals surface area contributed by atoms with E-state index in [-0.39, 0.29) is 17.4 Å². The smallest absolute Gasteiger partial charge is 0.303 e. The molecule has 180 valence electrons. The van der Waals surface area contributed by atoms with E-state index in [0.29, 0.717) is 18.3 Å². The first-order valence-corrected chi connectivity index (χ1v) is 15.5. The van der Waals surface area contributed by atoms with Gasteiger partial charge in [0.1, 0.15) is 5.78 Å². The zero-order valence-electron chi connectivity index (χ0n) is 21.1. The summed E-state index contributed by atoms with van der Waals surface area (Å²) in [5.41, 5.74) is 1.33. The van der Waals surface area contributed by atoms with Gasteiger partial charge in [0, 0.05) is 24.9 Å². The third-order valence-corrected chi connectivity index (χ3v) is 11.7. The van der Waals surface area contributed by atoms with E-state index in [9.17, 15) is 9.59 Å². The largest absolute Gasteiger partial charge is 0.481 e. The van der Waals surface area contributed by atoms with Crippen LogP contribution < -0.4 is 0 Å². The van der Waals surface area contributed by atoms with Crippen molar-refractivity contribution in [1.82, 2.24) is 0 Å². The van der Waals surface area contributed by atoms with Crippen LogP contribution in [0.25, 0.3) is 0 Å². The second kappa shape index (κ2) is 13.6. The molecule has 1 N–H and O–H groups in total. The lowest BCUT2D eigenvalue weighted by molar-refractivity contribution is -0.137. The summed E-state index contributed by atoms with van der Waals surface area (Å²) in [6.45, 7) is 13.8. The molecule has 1 rings (SSSR count). The molecule has 0 aromatic heterocycles. The third kappa shape index (κ3) is 10.5. The zero-order chi connectivity index (χ0) is 23.5. The summed E-state index contributed by atoms with van der Waals surface area (Å²) in [5, 5.41) is 8.95. The predicted octanol–water partition coefficient (Wildman–Crippen LogP) is 7.68. The number of rotatable bonds is 16. The van der Waals surface area contributed by atoms with Gasteiger partial charge >= 0.3 is 5.97 Å². The van der Waals surface area contributed by atoms with Crippen LogP contribution in [-0.4, -0.2) is 31.3 Å². The van der Waals surface area contributed by atoms with Crippen LogP contribution in [0.3, 0.4) is 0 Å². The Morgan fingerprint density at radius 3 is 2.42 bits per heavy atom. The van der Waals surface area contributed by atoms with Crippen molar-refractivity contribution in [2.45, 2.75) is 135 Å². The second-order valence-electron chi connectivity index (χ2n) is 10.9. The van der Waals surface area contributed by atoms with Gasteiger partial charge in [-0.15, -0.1) is 0 Å². The summed E-state index contributed by atoms with van der Waals surface area (Å²) in [6, 6.07) is 0. The highest BCUT2D eigenvalue weighted by Crippen LogP contribution is 2.39. The Kier molecular flexibility index (Phi) is 12.3. The number of allylic oxidation sites excluding steroid dienone is 2. The zero-order valence-corrected chi connectivity index (χ0v) is 22.1. The molecule has 0 aromatic rings. The Hall–Kier alpha value is -0.943. The van der Waals surface area contributed by atoms with Gasteiger partial charge in [0.15, 0.2) is 8.32 Å². The molecule has 0 spiro atoms. The van der Waals surface area contributed by atoms with Gasteiger partial charge in [-0.3, -0.25) is 9.59 Å². The molecule has 31 heavy (non-hydrogen) atoms. The average Bonchev–Trinajstić information content (AvgIpc) is 3.01. The molecule has 1 aliphatic rings. The van der Waals surface area contributed by atoms with E-state index in [2.05, 4.69) is 46.9 Å². The quantitative estimate of drug-likeness (QED) is 0.148. The molecule has 0 radical (unpaired) electrons. The molecular weight excluding hydrogens is 404 g/mol. The fraction of sp³-hybridized carbons (Fsp3) is 0.846. The van der Waals surface area contributed by atoms with Gasteiger partial charge in [-0.25, -0.2) is 0 Å². The third-order valence-electron chi connectivity index (χ3n) is 7.19. The lowest BCUT2D eigenvalue weighted by Crippen LogP contribution is -2.44. The molecule has 0 amide bonds. The molecular formula is C26H48O4Si. The Balaban J connectivity index is 2.57. The predicted molar refractivity (Wildman–Crippen MR) is 132 cm³/mol. The van der Waals surface area contributed by atoms with E-state index in [1.54, 1.807) is 0 Å². The number of unbranched alkanes of at least 4 members (excludes halogenated alkanes) is 5. The summed E-state index contributed by atoms with van der Waals surface area (Å²) in [7, 11) is -1.81. The van der Waals surface area contributed by atoms with Crippen LogP contribution in [0, 0.1) is 5.92 Å². The van der Waals surface area contributed by atoms with Crippen molar-refractivity contribution in [2.24, 2.45) is 5.92 Å². The SMILES string of the molecule is CCCCC[C@H](CCC1=CCC(=O)[C@@H]1CCCCCCC(=O)O)O[Si](C)(C)C(C)(C)C. The first-order valence-electron chi connectivity index (χ1n) is 12.6. The lowest BCUT2D eigenvalue weighted by Gasteiger charge is -2.39. The molecule has 1 aliphatic carbocycles. The van der Waals surface area contributed by atoms with Crippen LogP contribution in [0.4, 0.5) is 0 Å². The van der Waals surface area contributed by atoms with E-state index in [4.69, 9.17) is 9.53 Å². The molecule has 0 aliphatic heterocycles. The van der Waals surface area contributed by atoms with E-state index >= 15 is 0 Å². The molecule has 5 heteroatoms. The van der Waals surface area contributed by atoms with Crippen molar-refractivity contribution >= 4 is 20.1 Å². The van der Waals surface area contributed by atoms with Gasteiger partial charge in [-0.05, 0) is 50.2 Å². The van der Waals surface area contributed by atoms with Crippen LogP contribution >= 0.6 is 0 Å². The molecule has 0 aromatic carbocycles. The van der Waals surface area contributed by atoms with Gasteiger partial charge in [0.2, 0.25) is 0 Å². The monoisotopic (exact) mass is 452 g/mol. The summed E-state index contributed by atoms with van der Waals surface area (Å²) in [4.78, 5) is 23.1. The highest BCUT2D eigenvalue weighted by Gasteiger charge is 2.39. The van der Waals surface area contributed by atoms with Gasteiger partial charge in [0.25, 0.3) is 0 Å². The van der Waals surface area contributed by atoms with E-state index in [1.165, 1.54) is 24.8 Å². The Bertz CT molecular complexity index is 589. The van der Waals surface area contributed by atoms with E-state index in [1.807, 2.05) is 0 Å². The Morgan fingerprint density at radius 2 is 1.81 bits per heavy atom. The molecule has 2 atom stereocenters. The van der Waals surface area contributed by atoms with E-state index in [0.717, 1.165) is 51.4 Å². The van der Waals surface area contributed by atoms with Crippen LogP contribution in [0.5, 0.6) is 0 Å². The van der Waals surface area contributed by atoms with Crippen LogP contribution in [0.15, 0.2) is 11.6 Å². The minimum absolute atomic E-state index is 0.0867. The van der Waals surface area contributed by atoms with Gasteiger partial charge < -0.3 is 9.53 Å². The molecule has 0 bridgehead atoms. The van der Waals surface area contributed by atoms with Crippen molar-refractivity contribution in [3.63, 3.8) is 0 Å². The number of carbonyl (C=O) groups is 2. The number of ketones is 1. The summed E-state index contributed by atoms with van der Waals surface area (Å²) in [6.07, 6.45) is 14.7. The lowest BCUT2D eigenvalue weighted by atomic mass is 9.90. The molecule has 0 saturated carbocycles. The van der Waals surface area contributed by atoms with Gasteiger partial charge in [-0.1, -0.05) is 77.9 Å². The highest BCUT2D eigenvalue weighted by atomic mass is 28.4. The van der Waals surface area contributed by atoms with Crippen LogP contribution in [0.2, 0.25) is 18.1 Å². The second-order valence-corrected chi connectivity index (χ2v) is 15.6. The van der Waals surface area contributed by atoms with Crippen LogP contribution in [-0.2, 0) is 14.0 Å². The summed E-state index contributed by atoms with van der Waals surface area (Å²) < 4.78 is 6.79. The van der Waals surface area contributed by atoms with Gasteiger partial charge in [0.05, 0.1) is 0 Å².